The predicted molar refractivity (Wildman–Crippen MR) is 117 cm³/mol. The van der Waals surface area contributed by atoms with Crippen molar-refractivity contribution in [1.29, 1.82) is 0 Å². The van der Waals surface area contributed by atoms with Crippen LogP contribution in [-0.4, -0.2) is 43.4 Å². The second kappa shape index (κ2) is 8.25. The second-order valence-corrected chi connectivity index (χ2v) is 10.4. The number of hydrogen-bond acceptors (Lipinski definition) is 8. The third-order valence-electron chi connectivity index (χ3n) is 4.45. The average Bonchev–Trinajstić information content (AvgIpc) is 3.20. The number of carbonyl (C=O) groups is 1. The first kappa shape index (κ1) is 20.6. The van der Waals surface area contributed by atoms with E-state index in [-0.39, 0.29) is 11.4 Å². The molecule has 0 spiro atoms. The monoisotopic (exact) mass is 462 g/mol. The summed E-state index contributed by atoms with van der Waals surface area (Å²) in [6, 6.07) is 13.3. The van der Waals surface area contributed by atoms with Crippen molar-refractivity contribution in [3.63, 3.8) is 0 Å². The molecule has 1 aliphatic rings. The van der Waals surface area contributed by atoms with Gasteiger partial charge in [0.05, 0.1) is 17.1 Å². The summed E-state index contributed by atoms with van der Waals surface area (Å²) in [4.78, 5) is 13.0. The summed E-state index contributed by atoms with van der Waals surface area (Å²) in [6.45, 7) is 1.73. The van der Waals surface area contributed by atoms with Gasteiger partial charge in [-0.3, -0.25) is 14.4 Å². The molecule has 2 aromatic carbocycles. The number of anilines is 2. The van der Waals surface area contributed by atoms with E-state index in [0.29, 0.717) is 20.9 Å². The van der Waals surface area contributed by atoms with Gasteiger partial charge in [-0.15, -0.1) is 10.2 Å². The maximum Gasteiger partial charge on any atom is 0.269 e. The van der Waals surface area contributed by atoms with Gasteiger partial charge < -0.3 is 4.74 Å². The van der Waals surface area contributed by atoms with Crippen molar-refractivity contribution >= 4 is 49.8 Å². The molecule has 11 heteroatoms. The summed E-state index contributed by atoms with van der Waals surface area (Å²) in [5.74, 6) is -0.168. The Bertz CT molecular complexity index is 1180. The van der Waals surface area contributed by atoms with E-state index in [4.69, 9.17) is 4.74 Å². The lowest BCUT2D eigenvalue weighted by Crippen LogP contribution is -2.48. The molecule has 30 heavy (non-hydrogen) atoms. The summed E-state index contributed by atoms with van der Waals surface area (Å²) in [7, 11) is -3.89. The second-order valence-electron chi connectivity index (χ2n) is 6.49. The first-order valence-corrected chi connectivity index (χ1v) is 12.4. The first-order valence-electron chi connectivity index (χ1n) is 8.92. The molecule has 156 valence electrons. The predicted octanol–water partition coefficient (Wildman–Crippen LogP) is 3.16. The number of aromatic nitrogens is 2. The maximum atomic E-state index is 13.3. The topological polar surface area (TPSA) is 101 Å². The van der Waals surface area contributed by atoms with Gasteiger partial charge in [0, 0.05) is 0 Å². The lowest BCUT2D eigenvalue weighted by molar-refractivity contribution is -0.122. The van der Waals surface area contributed by atoms with E-state index in [1.54, 1.807) is 48.5 Å². The van der Waals surface area contributed by atoms with Gasteiger partial charge in [-0.1, -0.05) is 52.9 Å². The van der Waals surface area contributed by atoms with Gasteiger partial charge in [0.2, 0.25) is 5.13 Å². The Labute approximate surface area is 182 Å². The van der Waals surface area contributed by atoms with Crippen LogP contribution in [0.25, 0.3) is 0 Å². The lowest BCUT2D eigenvalue weighted by Gasteiger charge is -2.34. The zero-order chi connectivity index (χ0) is 21.3. The molecule has 2 heterocycles. The number of nitrogens with zero attached hydrogens (tertiary/aromatic N) is 3. The number of fused-ring (bicyclic) bond motifs is 1. The van der Waals surface area contributed by atoms with E-state index in [9.17, 15) is 13.2 Å². The van der Waals surface area contributed by atoms with Crippen LogP contribution in [0, 0.1) is 6.92 Å². The molecule has 3 aromatic rings. The molecule has 1 aromatic heterocycles. The number of thioether (sulfide) groups is 1. The largest absolute Gasteiger partial charge is 0.476 e. The first-order chi connectivity index (χ1) is 14.4. The molecule has 1 aliphatic heterocycles. The van der Waals surface area contributed by atoms with Crippen LogP contribution < -0.4 is 14.4 Å². The van der Waals surface area contributed by atoms with Crippen molar-refractivity contribution in [2.75, 3.05) is 22.4 Å². The molecule has 0 saturated carbocycles. The Hall–Kier alpha value is -2.63. The number of nitrogens with one attached hydrogen (secondary N) is 1. The summed E-state index contributed by atoms with van der Waals surface area (Å²) in [5.41, 5.74) is 1.35. The number of rotatable bonds is 5. The van der Waals surface area contributed by atoms with E-state index in [1.165, 1.54) is 27.4 Å². The fraction of sp³-hybridized carbons (Fsp3) is 0.211. The molecular weight excluding hydrogens is 444 g/mol. The number of aryl methyl sites for hydroxylation is 1. The maximum absolute atomic E-state index is 13.3. The van der Waals surface area contributed by atoms with E-state index in [2.05, 4.69) is 15.5 Å². The summed E-state index contributed by atoms with van der Waals surface area (Å²) in [5, 5.41) is 10.9. The number of ether oxygens (including phenoxy) is 1. The van der Waals surface area contributed by atoms with Crippen molar-refractivity contribution in [1.82, 2.24) is 10.2 Å². The van der Waals surface area contributed by atoms with Crippen molar-refractivity contribution in [3.8, 4) is 5.75 Å². The van der Waals surface area contributed by atoms with Crippen molar-refractivity contribution in [2.45, 2.75) is 22.3 Å². The van der Waals surface area contributed by atoms with Gasteiger partial charge in [0.1, 0.15) is 5.75 Å². The molecule has 1 unspecified atom stereocenters. The van der Waals surface area contributed by atoms with Crippen molar-refractivity contribution in [2.24, 2.45) is 0 Å². The molecule has 0 radical (unpaired) electrons. The van der Waals surface area contributed by atoms with Gasteiger partial charge in [-0.05, 0) is 37.4 Å². The van der Waals surface area contributed by atoms with Crippen LogP contribution in [-0.2, 0) is 14.8 Å². The normalized spacial score (nSPS) is 15.9. The van der Waals surface area contributed by atoms with E-state index in [0.717, 1.165) is 5.56 Å². The zero-order valence-electron chi connectivity index (χ0n) is 16.1. The highest BCUT2D eigenvalue weighted by molar-refractivity contribution is 8.00. The average molecular weight is 463 g/mol. The fourth-order valence-electron chi connectivity index (χ4n) is 2.93. The summed E-state index contributed by atoms with van der Waals surface area (Å²) < 4.78 is 34.4. The van der Waals surface area contributed by atoms with Crippen molar-refractivity contribution < 1.29 is 17.9 Å². The van der Waals surface area contributed by atoms with E-state index in [1.807, 2.05) is 13.2 Å². The number of para-hydroxylation sites is 2. The number of benzene rings is 2. The number of carbonyl (C=O) groups excluding carboxylic acids is 1. The standard InChI is InChI=1S/C19H18N4O4S3/c1-12-7-9-13(10-8-12)30(25,26)23-11-16(27-15-6-4-3-5-14(15)23)17(24)20-18-21-22-19(28-2)29-18/h3-10,16H,11H2,1-2H3,(H,20,21,24). The molecule has 1 atom stereocenters. The van der Waals surface area contributed by atoms with Gasteiger partial charge in [-0.2, -0.15) is 0 Å². The SMILES string of the molecule is CSc1nnc(NC(=O)C2CN(S(=O)(=O)c3ccc(C)cc3)c3ccccc3O2)s1. The molecule has 1 amide bonds. The third-order valence-corrected chi connectivity index (χ3v) is 8.06. The van der Waals surface area contributed by atoms with Gasteiger partial charge in [0.25, 0.3) is 15.9 Å². The minimum Gasteiger partial charge on any atom is -0.476 e. The highest BCUT2D eigenvalue weighted by Gasteiger charge is 2.37. The van der Waals surface area contributed by atoms with Crippen molar-refractivity contribution in [3.05, 3.63) is 54.1 Å². The van der Waals surface area contributed by atoms with Crippen LogP contribution in [0.3, 0.4) is 0 Å². The molecule has 0 aliphatic carbocycles. The summed E-state index contributed by atoms with van der Waals surface area (Å²) >= 11 is 2.66. The summed E-state index contributed by atoms with van der Waals surface area (Å²) in [6.07, 6.45) is 0.822. The van der Waals surface area contributed by atoms with E-state index < -0.39 is 22.0 Å². The Morgan fingerprint density at radius 1 is 1.20 bits per heavy atom. The zero-order valence-corrected chi connectivity index (χ0v) is 18.6. The molecule has 0 saturated heterocycles. The molecule has 0 fully saturated rings. The van der Waals surface area contributed by atoms with Crippen LogP contribution in [0.5, 0.6) is 5.75 Å². The van der Waals surface area contributed by atoms with Crippen LogP contribution in [0.1, 0.15) is 5.56 Å². The van der Waals surface area contributed by atoms with E-state index >= 15 is 0 Å². The van der Waals surface area contributed by atoms with Crippen LogP contribution in [0.2, 0.25) is 0 Å². The Morgan fingerprint density at radius 3 is 2.63 bits per heavy atom. The van der Waals surface area contributed by atoms with Gasteiger partial charge >= 0.3 is 0 Å². The third kappa shape index (κ3) is 4.00. The highest BCUT2D eigenvalue weighted by atomic mass is 32.2. The Morgan fingerprint density at radius 2 is 1.93 bits per heavy atom. The van der Waals surface area contributed by atoms with Crippen LogP contribution >= 0.6 is 23.1 Å². The lowest BCUT2D eigenvalue weighted by atomic mass is 10.2. The molecule has 4 rings (SSSR count). The minimum atomic E-state index is -3.89. The Balaban J connectivity index is 1.65. The van der Waals surface area contributed by atoms with Crippen LogP contribution in [0.4, 0.5) is 10.8 Å². The number of sulfonamides is 1. The molecule has 1 N–H and O–H groups in total. The number of hydrogen-bond donors (Lipinski definition) is 1. The fourth-order valence-corrected chi connectivity index (χ4v) is 5.58. The smallest absolute Gasteiger partial charge is 0.269 e. The molecule has 8 nitrogen and oxygen atoms in total. The quantitative estimate of drug-likeness (QED) is 0.459. The highest BCUT2D eigenvalue weighted by Crippen LogP contribution is 2.37. The van der Waals surface area contributed by atoms with Gasteiger partial charge in [-0.25, -0.2) is 8.42 Å². The Kier molecular flexibility index (Phi) is 5.67. The molecular formula is C19H18N4O4S3. The number of amides is 1. The molecule has 0 bridgehead atoms. The minimum absolute atomic E-state index is 0.151. The van der Waals surface area contributed by atoms with Crippen LogP contribution in [0.15, 0.2) is 57.8 Å². The van der Waals surface area contributed by atoms with Gasteiger partial charge in [0.15, 0.2) is 10.4 Å².